The van der Waals surface area contributed by atoms with E-state index in [1.54, 1.807) is 15.5 Å². The Balaban J connectivity index is 1.64. The fourth-order valence-electron chi connectivity index (χ4n) is 5.31. The molecule has 41 heavy (non-hydrogen) atoms. The quantitative estimate of drug-likeness (QED) is 0.492. The molecule has 3 aromatic rings. The summed E-state index contributed by atoms with van der Waals surface area (Å²) in [4.78, 5) is 19.6. The van der Waals surface area contributed by atoms with Crippen LogP contribution in [0.5, 0.6) is 0 Å². The first-order valence-electron chi connectivity index (χ1n) is 14.2. The molecule has 3 aliphatic rings. The normalized spacial score (nSPS) is 19.9. The van der Waals surface area contributed by atoms with E-state index >= 15 is 0 Å². The van der Waals surface area contributed by atoms with E-state index < -0.39 is 23.3 Å². The standard InChI is InChI=1S/C29H41N7O5/c1-19-23(24(26(37)38)41-27(2,3)4)25-34-12-10-29(7,11-13-34)40-15-9-8-14-39-28(5,6)21-18-35(33-31-21)17-20-16-22(30-19)36(25)32-20/h8,14,16,18,24H,9-13,15,17H2,1-7H3,(H,37,38)/t24-/m0/s1. The summed E-state index contributed by atoms with van der Waals surface area (Å²) in [7, 11) is 0. The zero-order valence-corrected chi connectivity index (χ0v) is 25.0. The van der Waals surface area contributed by atoms with Gasteiger partial charge in [-0.3, -0.25) is 0 Å². The maximum absolute atomic E-state index is 12.6. The Morgan fingerprint density at radius 2 is 1.93 bits per heavy atom. The summed E-state index contributed by atoms with van der Waals surface area (Å²) in [5.74, 6) is -0.381. The van der Waals surface area contributed by atoms with Crippen LogP contribution in [0.4, 0.5) is 5.82 Å². The zero-order chi connectivity index (χ0) is 29.6. The third-order valence-electron chi connectivity index (χ3n) is 7.61. The average Bonchev–Trinajstić information content (AvgIpc) is 3.51. The minimum atomic E-state index is -1.22. The van der Waals surface area contributed by atoms with Gasteiger partial charge in [0.05, 0.1) is 48.1 Å². The SMILES string of the molecule is Cc1nc2cc3nn2c(c1[C@H](OC(C)(C)C)C(=O)O)N1CCC(C)(CC1)OCCC=COC(C)(C)c1cn(nn1)C3. The van der Waals surface area contributed by atoms with E-state index in [2.05, 4.69) is 22.1 Å². The number of carbonyl (C=O) groups is 1. The van der Waals surface area contributed by atoms with Crippen LogP contribution in [-0.2, 0) is 31.2 Å². The van der Waals surface area contributed by atoms with Crippen molar-refractivity contribution < 1.29 is 24.1 Å². The lowest BCUT2D eigenvalue weighted by atomic mass is 9.92. The maximum Gasteiger partial charge on any atom is 0.337 e. The fraction of sp³-hybridized carbons (Fsp3) is 0.621. The van der Waals surface area contributed by atoms with Gasteiger partial charge in [-0.25, -0.2) is 14.5 Å². The smallest absolute Gasteiger partial charge is 0.337 e. The van der Waals surface area contributed by atoms with Gasteiger partial charge in [-0.15, -0.1) is 5.10 Å². The maximum atomic E-state index is 12.6. The Labute approximate surface area is 240 Å². The number of hydrogen-bond donors (Lipinski definition) is 1. The minimum absolute atomic E-state index is 0.296. The van der Waals surface area contributed by atoms with E-state index in [9.17, 15) is 9.90 Å². The Kier molecular flexibility index (Phi) is 7.58. The van der Waals surface area contributed by atoms with E-state index in [1.165, 1.54) is 0 Å². The number of aryl methyl sites for hydroxylation is 1. The Morgan fingerprint density at radius 1 is 1.20 bits per heavy atom. The number of carboxylic acids is 1. The molecule has 0 saturated carbocycles. The van der Waals surface area contributed by atoms with Crippen LogP contribution in [0.15, 0.2) is 24.6 Å². The first-order chi connectivity index (χ1) is 19.2. The first-order valence-corrected chi connectivity index (χ1v) is 14.2. The lowest BCUT2D eigenvalue weighted by Crippen LogP contribution is -2.46. The predicted octanol–water partition coefficient (Wildman–Crippen LogP) is 4.16. The molecule has 1 fully saturated rings. The Hall–Kier alpha value is -3.51. The summed E-state index contributed by atoms with van der Waals surface area (Å²) in [5.41, 5.74) is 1.49. The highest BCUT2D eigenvalue weighted by Crippen LogP contribution is 2.38. The molecule has 6 rings (SSSR count). The zero-order valence-electron chi connectivity index (χ0n) is 25.0. The highest BCUT2D eigenvalue weighted by Gasteiger charge is 2.38. The van der Waals surface area contributed by atoms with Crippen molar-refractivity contribution in [1.82, 2.24) is 29.6 Å². The van der Waals surface area contributed by atoms with Gasteiger partial charge < -0.3 is 24.2 Å². The van der Waals surface area contributed by atoms with E-state index in [0.717, 1.165) is 25.0 Å². The van der Waals surface area contributed by atoms with Gasteiger partial charge in [0, 0.05) is 24.8 Å². The molecule has 222 valence electrons. The van der Waals surface area contributed by atoms with Gasteiger partial charge in [-0.05, 0) is 73.8 Å². The predicted molar refractivity (Wildman–Crippen MR) is 152 cm³/mol. The molecule has 12 nitrogen and oxygen atoms in total. The number of hydrogen-bond acceptors (Lipinski definition) is 9. The van der Waals surface area contributed by atoms with Gasteiger partial charge in [0.15, 0.2) is 11.8 Å². The van der Waals surface area contributed by atoms with Crippen LogP contribution in [0, 0.1) is 6.92 Å². The van der Waals surface area contributed by atoms with Crippen LogP contribution in [0.1, 0.15) is 89.6 Å². The molecule has 6 bridgehead atoms. The lowest BCUT2D eigenvalue weighted by Gasteiger charge is -2.41. The molecule has 1 N–H and O–H groups in total. The highest BCUT2D eigenvalue weighted by atomic mass is 16.5. The van der Waals surface area contributed by atoms with Crippen molar-refractivity contribution in [3.8, 4) is 0 Å². The van der Waals surface area contributed by atoms with Crippen molar-refractivity contribution in [2.24, 2.45) is 0 Å². The lowest BCUT2D eigenvalue weighted by molar-refractivity contribution is -0.160. The second-order valence-electron chi connectivity index (χ2n) is 12.7. The van der Waals surface area contributed by atoms with Crippen LogP contribution < -0.4 is 4.90 Å². The third-order valence-corrected chi connectivity index (χ3v) is 7.61. The van der Waals surface area contributed by atoms with Crippen LogP contribution in [-0.4, -0.2) is 71.6 Å². The molecular weight excluding hydrogens is 526 g/mol. The molecule has 1 saturated heterocycles. The van der Waals surface area contributed by atoms with Crippen molar-refractivity contribution in [1.29, 1.82) is 0 Å². The summed E-state index contributed by atoms with van der Waals surface area (Å²) < 4.78 is 22.0. The summed E-state index contributed by atoms with van der Waals surface area (Å²) in [6.07, 6.45) is 6.58. The largest absolute Gasteiger partial charge is 0.489 e. The Morgan fingerprint density at radius 3 is 2.61 bits per heavy atom. The number of rotatable bonds is 3. The van der Waals surface area contributed by atoms with Crippen LogP contribution in [0.3, 0.4) is 0 Å². The molecule has 0 unspecified atom stereocenters. The van der Waals surface area contributed by atoms with Crippen molar-refractivity contribution in [3.63, 3.8) is 0 Å². The van der Waals surface area contributed by atoms with Crippen molar-refractivity contribution in [3.05, 3.63) is 47.2 Å². The molecule has 12 heteroatoms. The van der Waals surface area contributed by atoms with E-state index in [4.69, 9.17) is 24.3 Å². The van der Waals surface area contributed by atoms with Gasteiger partial charge in [0.1, 0.15) is 17.1 Å². The van der Waals surface area contributed by atoms with Gasteiger partial charge in [-0.2, -0.15) is 9.61 Å². The summed E-state index contributed by atoms with van der Waals surface area (Å²) in [6, 6.07) is 1.90. The van der Waals surface area contributed by atoms with Gasteiger partial charge in [-0.1, -0.05) is 5.21 Å². The highest BCUT2D eigenvalue weighted by molar-refractivity contribution is 5.78. The van der Waals surface area contributed by atoms with Gasteiger partial charge in [0.2, 0.25) is 0 Å². The number of anilines is 1. The van der Waals surface area contributed by atoms with E-state index in [-0.39, 0.29) is 5.60 Å². The van der Waals surface area contributed by atoms with Crippen molar-refractivity contribution >= 4 is 17.4 Å². The molecule has 3 aromatic heterocycles. The third kappa shape index (κ3) is 6.23. The monoisotopic (exact) mass is 567 g/mol. The molecule has 3 aliphatic heterocycles. The summed E-state index contributed by atoms with van der Waals surface area (Å²) in [5, 5.41) is 23.9. The topological polar surface area (TPSA) is 129 Å². The molecule has 0 aliphatic carbocycles. The number of aliphatic carboxylic acids is 1. The summed E-state index contributed by atoms with van der Waals surface area (Å²) in [6.45, 7) is 15.7. The molecular formula is C29H41N7O5. The molecule has 0 spiro atoms. The van der Waals surface area contributed by atoms with Gasteiger partial charge >= 0.3 is 5.97 Å². The second-order valence-corrected chi connectivity index (χ2v) is 12.7. The van der Waals surface area contributed by atoms with Crippen LogP contribution in [0.25, 0.3) is 5.65 Å². The number of carboxylic acid groups (broad SMARTS) is 1. The number of piperidine rings is 1. The van der Waals surface area contributed by atoms with Crippen LogP contribution in [0.2, 0.25) is 0 Å². The average molecular weight is 568 g/mol. The van der Waals surface area contributed by atoms with Crippen molar-refractivity contribution in [2.45, 2.75) is 97.2 Å². The first kappa shape index (κ1) is 29.0. The van der Waals surface area contributed by atoms with E-state index in [0.29, 0.717) is 54.7 Å². The molecule has 6 heterocycles. The van der Waals surface area contributed by atoms with Crippen LogP contribution >= 0.6 is 0 Å². The fourth-order valence-corrected chi connectivity index (χ4v) is 5.31. The number of nitrogens with zero attached hydrogens (tertiary/aromatic N) is 7. The minimum Gasteiger partial charge on any atom is -0.489 e. The second kappa shape index (κ2) is 10.7. The molecule has 0 radical (unpaired) electrons. The summed E-state index contributed by atoms with van der Waals surface area (Å²) >= 11 is 0. The molecule has 0 aromatic carbocycles. The number of ether oxygens (including phenoxy) is 3. The number of aromatic nitrogens is 6. The van der Waals surface area contributed by atoms with E-state index in [1.807, 2.05) is 59.9 Å². The number of fused-ring (bicyclic) bond motifs is 7. The molecule has 1 atom stereocenters. The molecule has 0 amide bonds. The Bertz CT molecular complexity index is 1440. The van der Waals surface area contributed by atoms with Crippen molar-refractivity contribution in [2.75, 3.05) is 24.6 Å². The van der Waals surface area contributed by atoms with Gasteiger partial charge in [0.25, 0.3) is 0 Å².